The SMILES string of the molecule is CCn1nc(C)cc1C(=O)NC[C@H]1Cc2cc(-c3ccc(C(C)=O)s3)cc(Cl)c2O1. The van der Waals surface area contributed by atoms with Crippen molar-refractivity contribution in [2.24, 2.45) is 0 Å². The molecule has 0 spiro atoms. The van der Waals surface area contributed by atoms with Crippen molar-refractivity contribution in [3.05, 3.63) is 57.2 Å². The van der Waals surface area contributed by atoms with Crippen LogP contribution in [0.4, 0.5) is 0 Å². The van der Waals surface area contributed by atoms with Gasteiger partial charge < -0.3 is 10.1 Å². The van der Waals surface area contributed by atoms with Crippen LogP contribution in [0.1, 0.15) is 45.3 Å². The van der Waals surface area contributed by atoms with Crippen molar-refractivity contribution >= 4 is 34.6 Å². The van der Waals surface area contributed by atoms with E-state index in [9.17, 15) is 9.59 Å². The molecule has 4 rings (SSSR count). The van der Waals surface area contributed by atoms with Crippen LogP contribution in [0.2, 0.25) is 5.02 Å². The Labute approximate surface area is 183 Å². The first kappa shape index (κ1) is 20.6. The minimum atomic E-state index is -0.188. The van der Waals surface area contributed by atoms with Crippen LogP contribution < -0.4 is 10.1 Å². The Balaban J connectivity index is 1.45. The summed E-state index contributed by atoms with van der Waals surface area (Å²) in [4.78, 5) is 25.8. The second-order valence-corrected chi connectivity index (χ2v) is 8.80. The predicted molar refractivity (Wildman–Crippen MR) is 118 cm³/mol. The fourth-order valence-corrected chi connectivity index (χ4v) is 4.76. The van der Waals surface area contributed by atoms with Crippen LogP contribution in [0.25, 0.3) is 10.4 Å². The molecule has 2 aromatic heterocycles. The lowest BCUT2D eigenvalue weighted by Gasteiger charge is -2.12. The van der Waals surface area contributed by atoms with Crippen LogP contribution in [0.5, 0.6) is 5.75 Å². The molecular formula is C22H22ClN3O3S. The Morgan fingerprint density at radius 2 is 2.13 bits per heavy atom. The van der Waals surface area contributed by atoms with E-state index < -0.39 is 0 Å². The van der Waals surface area contributed by atoms with E-state index in [4.69, 9.17) is 16.3 Å². The van der Waals surface area contributed by atoms with Gasteiger partial charge in [0.15, 0.2) is 5.78 Å². The first-order chi connectivity index (χ1) is 14.4. The lowest BCUT2D eigenvalue weighted by atomic mass is 10.1. The number of benzene rings is 1. The molecule has 0 radical (unpaired) electrons. The molecule has 3 aromatic rings. The summed E-state index contributed by atoms with van der Waals surface area (Å²) >= 11 is 7.93. The summed E-state index contributed by atoms with van der Waals surface area (Å²) in [5.41, 5.74) is 3.33. The van der Waals surface area contributed by atoms with Crippen molar-refractivity contribution in [2.45, 2.75) is 39.8 Å². The number of amides is 1. The summed E-state index contributed by atoms with van der Waals surface area (Å²) in [7, 11) is 0. The van der Waals surface area contributed by atoms with Gasteiger partial charge in [-0.15, -0.1) is 11.3 Å². The highest BCUT2D eigenvalue weighted by atomic mass is 35.5. The van der Waals surface area contributed by atoms with Gasteiger partial charge in [-0.2, -0.15) is 5.10 Å². The number of halogens is 1. The Hall–Kier alpha value is -2.64. The minimum Gasteiger partial charge on any atom is -0.486 e. The van der Waals surface area contributed by atoms with Gasteiger partial charge >= 0.3 is 0 Å². The van der Waals surface area contributed by atoms with Gasteiger partial charge in [-0.25, -0.2) is 0 Å². The molecule has 1 aromatic carbocycles. The number of hydrogen-bond acceptors (Lipinski definition) is 5. The van der Waals surface area contributed by atoms with Gasteiger partial charge in [-0.3, -0.25) is 14.3 Å². The van der Waals surface area contributed by atoms with Gasteiger partial charge in [-0.1, -0.05) is 11.6 Å². The average molecular weight is 444 g/mol. The monoisotopic (exact) mass is 443 g/mol. The standard InChI is InChI=1S/C22H22ClN3O3S/c1-4-26-18(7-12(2)25-26)22(28)24-11-16-9-15-8-14(10-17(23)21(15)29-16)20-6-5-19(30-20)13(3)27/h5-8,10,16H,4,9,11H2,1-3H3,(H,24,28)/t16-/m1/s1. The molecule has 0 saturated heterocycles. The van der Waals surface area contributed by atoms with E-state index in [1.807, 2.05) is 38.1 Å². The van der Waals surface area contributed by atoms with Gasteiger partial charge in [0, 0.05) is 23.4 Å². The second kappa shape index (κ2) is 8.24. The zero-order chi connectivity index (χ0) is 21.4. The van der Waals surface area contributed by atoms with Gasteiger partial charge in [0.05, 0.1) is 22.1 Å². The quantitative estimate of drug-likeness (QED) is 0.568. The molecule has 8 heteroatoms. The zero-order valence-electron chi connectivity index (χ0n) is 17.0. The lowest BCUT2D eigenvalue weighted by molar-refractivity contribution is 0.0922. The van der Waals surface area contributed by atoms with Gasteiger partial charge in [0.25, 0.3) is 5.91 Å². The van der Waals surface area contributed by atoms with Crippen molar-refractivity contribution < 1.29 is 14.3 Å². The van der Waals surface area contributed by atoms with Crippen LogP contribution in [-0.4, -0.2) is 34.1 Å². The number of rotatable bonds is 6. The van der Waals surface area contributed by atoms with Crippen molar-refractivity contribution in [3.8, 4) is 16.2 Å². The van der Waals surface area contributed by atoms with E-state index >= 15 is 0 Å². The highest BCUT2D eigenvalue weighted by Gasteiger charge is 2.27. The van der Waals surface area contributed by atoms with Crippen molar-refractivity contribution in [1.29, 1.82) is 0 Å². The smallest absolute Gasteiger partial charge is 0.269 e. The molecule has 30 heavy (non-hydrogen) atoms. The summed E-state index contributed by atoms with van der Waals surface area (Å²) in [5.74, 6) is 0.550. The first-order valence-corrected chi connectivity index (χ1v) is 11.0. The maximum atomic E-state index is 12.6. The molecule has 1 N–H and O–H groups in total. The molecule has 0 saturated carbocycles. The van der Waals surface area contributed by atoms with E-state index in [1.165, 1.54) is 11.3 Å². The van der Waals surface area contributed by atoms with E-state index in [1.54, 1.807) is 17.7 Å². The van der Waals surface area contributed by atoms with Crippen LogP contribution in [-0.2, 0) is 13.0 Å². The first-order valence-electron chi connectivity index (χ1n) is 9.78. The van der Waals surface area contributed by atoms with Crippen molar-refractivity contribution in [3.63, 3.8) is 0 Å². The molecule has 1 amide bonds. The zero-order valence-corrected chi connectivity index (χ0v) is 18.6. The molecule has 0 fully saturated rings. The van der Waals surface area contributed by atoms with Crippen molar-refractivity contribution in [2.75, 3.05) is 6.54 Å². The Bertz CT molecular complexity index is 1130. The van der Waals surface area contributed by atoms with E-state index in [0.29, 0.717) is 36.0 Å². The van der Waals surface area contributed by atoms with Crippen molar-refractivity contribution in [1.82, 2.24) is 15.1 Å². The summed E-state index contributed by atoms with van der Waals surface area (Å²) in [6.45, 7) is 6.39. The number of carbonyl (C=O) groups excluding carboxylic acids is 2. The number of ketones is 1. The Morgan fingerprint density at radius 3 is 2.83 bits per heavy atom. The van der Waals surface area contributed by atoms with Crippen LogP contribution in [0.3, 0.4) is 0 Å². The number of nitrogens with zero attached hydrogens (tertiary/aromatic N) is 2. The minimum absolute atomic E-state index is 0.0530. The largest absolute Gasteiger partial charge is 0.486 e. The van der Waals surface area contributed by atoms with E-state index in [-0.39, 0.29) is 17.8 Å². The van der Waals surface area contributed by atoms with Gasteiger partial charge in [-0.05, 0) is 56.7 Å². The molecule has 0 bridgehead atoms. The molecule has 1 aliphatic heterocycles. The third kappa shape index (κ3) is 4.00. The highest BCUT2D eigenvalue weighted by Crippen LogP contribution is 2.41. The summed E-state index contributed by atoms with van der Waals surface area (Å²) < 4.78 is 7.69. The molecule has 0 unspecified atom stereocenters. The number of aryl methyl sites for hydroxylation is 2. The highest BCUT2D eigenvalue weighted by molar-refractivity contribution is 7.17. The molecule has 3 heterocycles. The molecule has 0 aliphatic carbocycles. The van der Waals surface area contributed by atoms with Gasteiger partial charge in [0.2, 0.25) is 0 Å². The maximum absolute atomic E-state index is 12.6. The van der Waals surface area contributed by atoms with Gasteiger partial charge in [0.1, 0.15) is 17.5 Å². The third-order valence-electron chi connectivity index (χ3n) is 5.01. The number of nitrogens with one attached hydrogen (secondary N) is 1. The van der Waals surface area contributed by atoms with Crippen LogP contribution in [0, 0.1) is 6.92 Å². The number of aromatic nitrogens is 2. The molecule has 1 atom stereocenters. The fraction of sp³-hybridized carbons (Fsp3) is 0.318. The Morgan fingerprint density at radius 1 is 1.33 bits per heavy atom. The van der Waals surface area contributed by atoms with E-state index in [0.717, 1.165) is 26.6 Å². The maximum Gasteiger partial charge on any atom is 0.269 e. The number of Topliss-reactive ketones (excluding diaryl/α,β-unsaturated/α-hetero) is 1. The normalized spacial score (nSPS) is 15.0. The summed E-state index contributed by atoms with van der Waals surface area (Å²) in [6, 6.07) is 9.46. The molecule has 156 valence electrons. The molecule has 6 nitrogen and oxygen atoms in total. The summed E-state index contributed by atoms with van der Waals surface area (Å²) in [5, 5.41) is 7.79. The summed E-state index contributed by atoms with van der Waals surface area (Å²) in [6.07, 6.45) is 0.465. The number of carbonyl (C=O) groups is 2. The predicted octanol–water partition coefficient (Wildman–Crippen LogP) is 4.53. The molecule has 1 aliphatic rings. The number of hydrogen-bond donors (Lipinski definition) is 1. The van der Waals surface area contributed by atoms with E-state index in [2.05, 4.69) is 10.4 Å². The second-order valence-electron chi connectivity index (χ2n) is 7.31. The lowest BCUT2D eigenvalue weighted by Crippen LogP contribution is -2.35. The van der Waals surface area contributed by atoms with Crippen LogP contribution >= 0.6 is 22.9 Å². The number of thiophene rings is 1. The third-order valence-corrected chi connectivity index (χ3v) is 6.53. The molecular weight excluding hydrogens is 422 g/mol. The fourth-order valence-electron chi connectivity index (χ4n) is 3.59. The topological polar surface area (TPSA) is 73.2 Å². The number of fused-ring (bicyclic) bond motifs is 1. The average Bonchev–Trinajstić information content (AvgIpc) is 3.43. The Kier molecular flexibility index (Phi) is 5.66. The number of ether oxygens (including phenoxy) is 1. The van der Waals surface area contributed by atoms with Crippen LogP contribution in [0.15, 0.2) is 30.3 Å².